The Hall–Kier alpha value is -4.43. The minimum Gasteiger partial charge on any atom is -0.305 e. The fraction of sp³-hybridized carbons (Fsp3) is 0.303. The van der Waals surface area contributed by atoms with Crippen molar-refractivity contribution in [2.45, 2.75) is 44.9 Å². The van der Waals surface area contributed by atoms with Gasteiger partial charge in [-0.15, -0.1) is 0 Å². The first-order valence-electron chi connectivity index (χ1n) is 14.2. The van der Waals surface area contributed by atoms with Crippen molar-refractivity contribution in [1.82, 2.24) is 24.1 Å². The molecule has 2 aliphatic rings. The molecule has 0 radical (unpaired) electrons. The minimum absolute atomic E-state index is 0.0247. The molecule has 1 spiro atoms. The third-order valence-electron chi connectivity index (χ3n) is 8.73. The Morgan fingerprint density at radius 1 is 0.707 bits per heavy atom. The number of hydrogen-bond acceptors (Lipinski definition) is 4. The summed E-state index contributed by atoms with van der Waals surface area (Å²) in [5.41, 5.74) is 3.52. The Kier molecular flexibility index (Phi) is 7.09. The standard InChI is InChI=1S/C33H35N5O3/c1-25-29(30(39)38(34(25)2)28-16-10-5-11-17-28)24-35-20-18-33(19-21-35)31(40)36(22-26-12-6-3-7-13-26)32(41)37(33)23-27-14-8-4-9-15-27/h3-17H,18-24H2,1-2H3. The van der Waals surface area contributed by atoms with Crippen LogP contribution in [0.25, 0.3) is 5.69 Å². The molecule has 2 saturated heterocycles. The van der Waals surface area contributed by atoms with Crippen molar-refractivity contribution in [3.05, 3.63) is 124 Å². The van der Waals surface area contributed by atoms with Gasteiger partial charge in [0.2, 0.25) is 0 Å². The predicted molar refractivity (Wildman–Crippen MR) is 157 cm³/mol. The number of nitrogens with zero attached hydrogens (tertiary/aromatic N) is 5. The first-order valence-corrected chi connectivity index (χ1v) is 14.2. The molecule has 8 nitrogen and oxygen atoms in total. The van der Waals surface area contributed by atoms with Crippen molar-refractivity contribution in [1.29, 1.82) is 0 Å². The molecule has 0 atom stereocenters. The molecule has 0 saturated carbocycles. The van der Waals surface area contributed by atoms with Crippen LogP contribution in [-0.2, 0) is 31.5 Å². The number of carbonyl (C=O) groups is 2. The lowest BCUT2D eigenvalue weighted by Crippen LogP contribution is -2.56. The number of carbonyl (C=O) groups excluding carboxylic acids is 2. The van der Waals surface area contributed by atoms with Gasteiger partial charge in [-0.1, -0.05) is 78.9 Å². The molecule has 3 heterocycles. The summed E-state index contributed by atoms with van der Waals surface area (Å²) in [5.74, 6) is -0.121. The molecular formula is C33H35N5O3. The number of imide groups is 1. The number of urea groups is 1. The van der Waals surface area contributed by atoms with Gasteiger partial charge in [0.15, 0.2) is 0 Å². The van der Waals surface area contributed by atoms with Gasteiger partial charge >= 0.3 is 6.03 Å². The predicted octanol–water partition coefficient (Wildman–Crippen LogP) is 4.48. The number of likely N-dealkylation sites (tertiary alicyclic amines) is 1. The normalized spacial score (nSPS) is 17.1. The van der Waals surface area contributed by atoms with Crippen LogP contribution in [0.3, 0.4) is 0 Å². The van der Waals surface area contributed by atoms with E-state index in [9.17, 15) is 14.4 Å². The van der Waals surface area contributed by atoms with Gasteiger partial charge in [-0.05, 0) is 43.0 Å². The Balaban J connectivity index is 1.25. The Bertz CT molecular complexity index is 1600. The van der Waals surface area contributed by atoms with E-state index in [4.69, 9.17) is 0 Å². The van der Waals surface area contributed by atoms with Crippen LogP contribution in [0.5, 0.6) is 0 Å². The van der Waals surface area contributed by atoms with Gasteiger partial charge in [0.05, 0.1) is 17.8 Å². The Morgan fingerprint density at radius 3 is 1.83 bits per heavy atom. The fourth-order valence-electron chi connectivity index (χ4n) is 6.27. The maximum absolute atomic E-state index is 14.1. The van der Waals surface area contributed by atoms with E-state index >= 15 is 0 Å². The molecule has 1 aromatic heterocycles. The van der Waals surface area contributed by atoms with Crippen LogP contribution >= 0.6 is 0 Å². The quantitative estimate of drug-likeness (QED) is 0.319. The monoisotopic (exact) mass is 549 g/mol. The third kappa shape index (κ3) is 4.78. The number of amides is 3. The summed E-state index contributed by atoms with van der Waals surface area (Å²) in [5, 5.41) is 0. The molecule has 2 aliphatic heterocycles. The molecule has 0 unspecified atom stereocenters. The second kappa shape index (κ2) is 10.9. The number of benzene rings is 3. The highest BCUT2D eigenvalue weighted by Crippen LogP contribution is 2.39. The van der Waals surface area contributed by atoms with Crippen LogP contribution in [0.15, 0.2) is 95.8 Å². The molecule has 3 aromatic carbocycles. The summed E-state index contributed by atoms with van der Waals surface area (Å²) in [6.07, 6.45) is 1.04. The summed E-state index contributed by atoms with van der Waals surface area (Å²) in [6, 6.07) is 28.9. The van der Waals surface area contributed by atoms with Gasteiger partial charge in [0.25, 0.3) is 11.5 Å². The van der Waals surface area contributed by atoms with Crippen LogP contribution < -0.4 is 5.56 Å². The van der Waals surface area contributed by atoms with Gasteiger partial charge in [0, 0.05) is 38.9 Å². The molecule has 3 amide bonds. The zero-order chi connectivity index (χ0) is 28.6. The average molecular weight is 550 g/mol. The Morgan fingerprint density at radius 2 is 1.24 bits per heavy atom. The number of aromatic nitrogens is 2. The smallest absolute Gasteiger partial charge is 0.305 e. The molecule has 8 heteroatoms. The third-order valence-corrected chi connectivity index (χ3v) is 8.73. The Labute approximate surface area is 240 Å². The molecule has 6 rings (SSSR count). The van der Waals surface area contributed by atoms with Gasteiger partial charge in [-0.3, -0.25) is 24.1 Å². The molecule has 4 aromatic rings. The maximum atomic E-state index is 14.1. The summed E-state index contributed by atoms with van der Waals surface area (Å²) < 4.78 is 3.61. The van der Waals surface area contributed by atoms with E-state index in [1.807, 2.05) is 110 Å². The lowest BCUT2D eigenvalue weighted by Gasteiger charge is -2.42. The first-order chi connectivity index (χ1) is 19.9. The summed E-state index contributed by atoms with van der Waals surface area (Å²) in [6.45, 7) is 4.35. The first kappa shape index (κ1) is 26.8. The zero-order valence-corrected chi connectivity index (χ0v) is 23.6. The van der Waals surface area contributed by atoms with Crippen LogP contribution in [-0.4, -0.2) is 54.6 Å². The van der Waals surface area contributed by atoms with E-state index in [1.54, 1.807) is 9.58 Å². The topological polar surface area (TPSA) is 70.8 Å². The second-order valence-electron chi connectivity index (χ2n) is 11.1. The van der Waals surface area contributed by atoms with Crippen LogP contribution in [0.4, 0.5) is 4.79 Å². The molecular weight excluding hydrogens is 514 g/mol. The average Bonchev–Trinajstić information content (AvgIpc) is 3.32. The lowest BCUT2D eigenvalue weighted by molar-refractivity contribution is -0.136. The molecule has 0 N–H and O–H groups in total. The van der Waals surface area contributed by atoms with E-state index < -0.39 is 5.54 Å². The van der Waals surface area contributed by atoms with Crippen molar-refractivity contribution in [2.24, 2.45) is 7.05 Å². The highest BCUT2D eigenvalue weighted by Gasteiger charge is 2.57. The second-order valence-corrected chi connectivity index (χ2v) is 11.1. The largest absolute Gasteiger partial charge is 0.328 e. The van der Waals surface area contributed by atoms with Gasteiger partial charge < -0.3 is 4.90 Å². The van der Waals surface area contributed by atoms with Crippen LogP contribution in [0.1, 0.15) is 35.2 Å². The number of rotatable bonds is 7. The van der Waals surface area contributed by atoms with Gasteiger partial charge in [-0.2, -0.15) is 0 Å². The van der Waals surface area contributed by atoms with Crippen molar-refractivity contribution >= 4 is 11.9 Å². The molecule has 41 heavy (non-hydrogen) atoms. The number of para-hydroxylation sites is 1. The number of hydrogen-bond donors (Lipinski definition) is 0. The van der Waals surface area contributed by atoms with E-state index in [0.717, 1.165) is 28.1 Å². The van der Waals surface area contributed by atoms with Gasteiger partial charge in [-0.25, -0.2) is 9.48 Å². The summed E-state index contributed by atoms with van der Waals surface area (Å²) in [4.78, 5) is 46.8. The minimum atomic E-state index is -0.895. The van der Waals surface area contributed by atoms with Crippen molar-refractivity contribution in [3.8, 4) is 5.69 Å². The summed E-state index contributed by atoms with van der Waals surface area (Å²) in [7, 11) is 1.91. The van der Waals surface area contributed by atoms with E-state index in [1.165, 1.54) is 4.90 Å². The zero-order valence-electron chi connectivity index (χ0n) is 23.6. The highest BCUT2D eigenvalue weighted by atomic mass is 16.2. The van der Waals surface area contributed by atoms with Crippen LogP contribution in [0, 0.1) is 6.92 Å². The van der Waals surface area contributed by atoms with Gasteiger partial charge in [0.1, 0.15) is 5.54 Å². The van der Waals surface area contributed by atoms with Crippen molar-refractivity contribution in [2.75, 3.05) is 13.1 Å². The van der Waals surface area contributed by atoms with Crippen molar-refractivity contribution in [3.63, 3.8) is 0 Å². The fourth-order valence-corrected chi connectivity index (χ4v) is 6.27. The molecule has 0 bridgehead atoms. The molecule has 210 valence electrons. The van der Waals surface area contributed by atoms with E-state index in [2.05, 4.69) is 4.90 Å². The molecule has 0 aliphatic carbocycles. The highest BCUT2D eigenvalue weighted by molar-refractivity contribution is 6.07. The van der Waals surface area contributed by atoms with Crippen molar-refractivity contribution < 1.29 is 9.59 Å². The van der Waals surface area contributed by atoms with Crippen LogP contribution in [0.2, 0.25) is 0 Å². The SMILES string of the molecule is Cc1c(CN2CCC3(CC2)C(=O)N(Cc2ccccc2)C(=O)N3Cc2ccccc2)c(=O)n(-c2ccccc2)n1C. The number of piperidine rings is 1. The summed E-state index contributed by atoms with van der Waals surface area (Å²) >= 11 is 0. The molecule has 2 fully saturated rings. The van der Waals surface area contributed by atoms with E-state index in [-0.39, 0.29) is 24.0 Å². The maximum Gasteiger partial charge on any atom is 0.328 e. The van der Waals surface area contributed by atoms with E-state index in [0.29, 0.717) is 39.0 Å². The lowest BCUT2D eigenvalue weighted by atomic mass is 9.85.